The van der Waals surface area contributed by atoms with Crippen molar-refractivity contribution in [2.45, 2.75) is 33.1 Å². The van der Waals surface area contributed by atoms with E-state index in [9.17, 15) is 0 Å². The van der Waals surface area contributed by atoms with Crippen LogP contribution in [0.15, 0.2) is 194 Å². The number of benzene rings is 9. The van der Waals surface area contributed by atoms with Crippen LogP contribution in [0.5, 0.6) is 0 Å². The van der Waals surface area contributed by atoms with E-state index < -0.39 is 0 Å². The first-order valence-electron chi connectivity index (χ1n) is 20.5. The van der Waals surface area contributed by atoms with Gasteiger partial charge in [-0.3, -0.25) is 0 Å². The van der Waals surface area contributed by atoms with Gasteiger partial charge in [-0.25, -0.2) is 0 Å². The standard InChI is InChI=1S/C57H46/c1-37(2)57(38(3)4)53-26-16-15-21-47(53)48-32-31-43(36-54(48)57)56-51-24-13-11-22-49(51)55(50-23-12-14-25-52(50)56)42-29-27-41(28-30-42)46-34-44(39-17-7-5-8-18-39)33-45(35-46)40-19-9-6-10-20-40/h5-38H,1-4H3. The highest BCUT2D eigenvalue weighted by molar-refractivity contribution is 6.21. The molecule has 0 nitrogen and oxygen atoms in total. The molecule has 10 rings (SSSR count). The highest BCUT2D eigenvalue weighted by atomic mass is 14.5. The van der Waals surface area contributed by atoms with Crippen LogP contribution < -0.4 is 0 Å². The highest BCUT2D eigenvalue weighted by Crippen LogP contribution is 2.57. The van der Waals surface area contributed by atoms with Gasteiger partial charge in [-0.2, -0.15) is 0 Å². The molecule has 0 saturated carbocycles. The van der Waals surface area contributed by atoms with E-state index in [4.69, 9.17) is 0 Å². The Balaban J connectivity index is 1.13. The van der Waals surface area contributed by atoms with Gasteiger partial charge in [-0.1, -0.05) is 198 Å². The Labute approximate surface area is 337 Å². The lowest BCUT2D eigenvalue weighted by molar-refractivity contribution is 0.280. The molecule has 0 amide bonds. The van der Waals surface area contributed by atoms with E-state index in [-0.39, 0.29) is 5.41 Å². The normalized spacial score (nSPS) is 13.0. The molecule has 0 saturated heterocycles. The second-order valence-electron chi connectivity index (χ2n) is 16.4. The van der Waals surface area contributed by atoms with Crippen LogP contribution in [-0.2, 0) is 5.41 Å². The maximum Gasteiger partial charge on any atom is 0.0261 e. The number of fused-ring (bicyclic) bond motifs is 5. The molecule has 1 aliphatic rings. The lowest BCUT2D eigenvalue weighted by Gasteiger charge is -2.40. The third kappa shape index (κ3) is 5.58. The Bertz CT molecular complexity index is 2810. The van der Waals surface area contributed by atoms with Crippen molar-refractivity contribution in [2.75, 3.05) is 0 Å². The van der Waals surface area contributed by atoms with Crippen LogP contribution in [0.3, 0.4) is 0 Å². The Kier molecular flexibility index (Phi) is 8.53. The Morgan fingerprint density at radius 1 is 0.281 bits per heavy atom. The smallest absolute Gasteiger partial charge is 0.0261 e. The molecule has 0 aromatic heterocycles. The molecule has 9 aromatic rings. The van der Waals surface area contributed by atoms with Gasteiger partial charge in [-0.15, -0.1) is 0 Å². The van der Waals surface area contributed by atoms with Gasteiger partial charge >= 0.3 is 0 Å². The third-order valence-corrected chi connectivity index (χ3v) is 12.8. The van der Waals surface area contributed by atoms with E-state index in [0.29, 0.717) is 11.8 Å². The van der Waals surface area contributed by atoms with Crippen molar-refractivity contribution in [2.24, 2.45) is 11.8 Å². The summed E-state index contributed by atoms with van der Waals surface area (Å²) < 4.78 is 0. The second-order valence-corrected chi connectivity index (χ2v) is 16.4. The van der Waals surface area contributed by atoms with Gasteiger partial charge in [-0.05, 0) is 136 Å². The minimum absolute atomic E-state index is 0.0578. The van der Waals surface area contributed by atoms with Gasteiger partial charge < -0.3 is 0 Å². The summed E-state index contributed by atoms with van der Waals surface area (Å²) >= 11 is 0. The van der Waals surface area contributed by atoms with E-state index in [1.54, 1.807) is 0 Å². The summed E-state index contributed by atoms with van der Waals surface area (Å²) in [5.41, 5.74) is 18.1. The Morgan fingerprint density at radius 3 is 1.14 bits per heavy atom. The molecule has 0 fully saturated rings. The van der Waals surface area contributed by atoms with Gasteiger partial charge in [0, 0.05) is 5.41 Å². The second kappa shape index (κ2) is 13.9. The summed E-state index contributed by atoms with van der Waals surface area (Å²) in [6.45, 7) is 9.63. The summed E-state index contributed by atoms with van der Waals surface area (Å²) in [6.07, 6.45) is 0. The largest absolute Gasteiger partial charge is 0.0622 e. The molecule has 9 aromatic carbocycles. The predicted octanol–water partition coefficient (Wildman–Crippen LogP) is 15.9. The molecule has 274 valence electrons. The first-order valence-corrected chi connectivity index (χ1v) is 20.5. The van der Waals surface area contributed by atoms with Gasteiger partial charge in [0.15, 0.2) is 0 Å². The number of hydrogen-bond acceptors (Lipinski definition) is 0. The first-order chi connectivity index (χ1) is 27.9. The monoisotopic (exact) mass is 730 g/mol. The molecular weight excluding hydrogens is 685 g/mol. The topological polar surface area (TPSA) is 0 Å². The van der Waals surface area contributed by atoms with Crippen LogP contribution in [-0.4, -0.2) is 0 Å². The minimum atomic E-state index is -0.0578. The summed E-state index contributed by atoms with van der Waals surface area (Å²) in [6, 6.07) is 72.2. The molecular formula is C57H46. The van der Waals surface area contributed by atoms with E-state index >= 15 is 0 Å². The van der Waals surface area contributed by atoms with Crippen LogP contribution in [0, 0.1) is 11.8 Å². The number of rotatable bonds is 7. The zero-order valence-corrected chi connectivity index (χ0v) is 33.1. The van der Waals surface area contributed by atoms with Crippen molar-refractivity contribution in [3.63, 3.8) is 0 Å². The van der Waals surface area contributed by atoms with Crippen molar-refractivity contribution in [3.8, 4) is 66.8 Å². The molecule has 0 heteroatoms. The highest BCUT2D eigenvalue weighted by Gasteiger charge is 2.47. The minimum Gasteiger partial charge on any atom is -0.0622 e. The summed E-state index contributed by atoms with van der Waals surface area (Å²) in [5, 5.41) is 5.13. The molecule has 57 heavy (non-hydrogen) atoms. The Morgan fingerprint density at radius 2 is 0.649 bits per heavy atom. The van der Waals surface area contributed by atoms with E-state index in [1.807, 2.05) is 0 Å². The maximum atomic E-state index is 2.55. The van der Waals surface area contributed by atoms with Crippen LogP contribution >= 0.6 is 0 Å². The fraction of sp³-hybridized carbons (Fsp3) is 0.123. The van der Waals surface area contributed by atoms with E-state index in [1.165, 1.54) is 99.4 Å². The summed E-state index contributed by atoms with van der Waals surface area (Å²) in [4.78, 5) is 0. The van der Waals surface area contributed by atoms with Crippen molar-refractivity contribution in [3.05, 3.63) is 205 Å². The average molecular weight is 731 g/mol. The van der Waals surface area contributed by atoms with Crippen molar-refractivity contribution in [1.29, 1.82) is 0 Å². The van der Waals surface area contributed by atoms with Gasteiger partial charge in [0.2, 0.25) is 0 Å². The van der Waals surface area contributed by atoms with Crippen LogP contribution in [0.4, 0.5) is 0 Å². The third-order valence-electron chi connectivity index (χ3n) is 12.8. The van der Waals surface area contributed by atoms with Crippen LogP contribution in [0.2, 0.25) is 0 Å². The van der Waals surface area contributed by atoms with Gasteiger partial charge in [0.05, 0.1) is 0 Å². The van der Waals surface area contributed by atoms with Crippen LogP contribution in [0.25, 0.3) is 88.3 Å². The fourth-order valence-electron chi connectivity index (χ4n) is 10.4. The molecule has 0 spiro atoms. The molecule has 0 radical (unpaired) electrons. The van der Waals surface area contributed by atoms with E-state index in [0.717, 1.165) is 0 Å². The molecule has 1 aliphatic carbocycles. The molecule has 0 unspecified atom stereocenters. The quantitative estimate of drug-likeness (QED) is 0.143. The van der Waals surface area contributed by atoms with E-state index in [2.05, 4.69) is 222 Å². The zero-order chi connectivity index (χ0) is 38.7. The SMILES string of the molecule is CC(C)C1(C(C)C)c2ccccc2-c2ccc(-c3c4ccccc4c(-c4ccc(-c5cc(-c6ccccc6)cc(-c6ccccc6)c5)cc4)c4ccccc34)cc21. The fourth-order valence-corrected chi connectivity index (χ4v) is 10.4. The molecule has 0 bridgehead atoms. The average Bonchev–Trinajstić information content (AvgIpc) is 3.57. The Hall–Kier alpha value is -6.50. The van der Waals surface area contributed by atoms with Crippen molar-refractivity contribution >= 4 is 21.5 Å². The molecule has 0 aliphatic heterocycles. The van der Waals surface area contributed by atoms with Gasteiger partial charge in [0.1, 0.15) is 0 Å². The van der Waals surface area contributed by atoms with Crippen molar-refractivity contribution < 1.29 is 0 Å². The molecule has 0 N–H and O–H groups in total. The van der Waals surface area contributed by atoms with Crippen molar-refractivity contribution in [1.82, 2.24) is 0 Å². The maximum absolute atomic E-state index is 2.55. The van der Waals surface area contributed by atoms with Gasteiger partial charge in [0.25, 0.3) is 0 Å². The zero-order valence-electron chi connectivity index (χ0n) is 33.1. The number of hydrogen-bond donors (Lipinski definition) is 0. The summed E-state index contributed by atoms with van der Waals surface area (Å²) in [7, 11) is 0. The van der Waals surface area contributed by atoms with Crippen LogP contribution in [0.1, 0.15) is 38.8 Å². The predicted molar refractivity (Wildman–Crippen MR) is 245 cm³/mol. The first kappa shape index (κ1) is 35.0. The molecule has 0 heterocycles. The lowest BCUT2D eigenvalue weighted by Crippen LogP contribution is -2.37. The summed E-state index contributed by atoms with van der Waals surface area (Å²) in [5.74, 6) is 0.888. The lowest BCUT2D eigenvalue weighted by atomic mass is 9.62. The molecule has 0 atom stereocenters.